The normalized spacial score (nSPS) is 15.0. The highest BCUT2D eigenvalue weighted by molar-refractivity contribution is 5.89. The first-order valence-electron chi connectivity index (χ1n) is 10.8. The lowest BCUT2D eigenvalue weighted by Gasteiger charge is -2.15. The molecule has 158 valence electrons. The average molecular weight is 408 g/mol. The van der Waals surface area contributed by atoms with Gasteiger partial charge in [0.05, 0.1) is 17.6 Å². The zero-order chi connectivity index (χ0) is 20.8. The predicted molar refractivity (Wildman–Crippen MR) is 119 cm³/mol. The summed E-state index contributed by atoms with van der Waals surface area (Å²) < 4.78 is 2.08. The molecule has 0 spiro atoms. The van der Waals surface area contributed by atoms with Gasteiger partial charge in [0.2, 0.25) is 5.95 Å². The molecule has 1 aliphatic carbocycles. The number of nitrogens with zero attached hydrogens (tertiary/aromatic N) is 4. The number of hydrogen-bond acceptors (Lipinski definition) is 5. The van der Waals surface area contributed by atoms with Crippen LogP contribution in [-0.4, -0.2) is 32.3 Å². The van der Waals surface area contributed by atoms with Gasteiger partial charge in [-0.15, -0.1) is 0 Å². The van der Waals surface area contributed by atoms with Gasteiger partial charge in [-0.1, -0.05) is 32.6 Å². The molecule has 30 heavy (non-hydrogen) atoms. The summed E-state index contributed by atoms with van der Waals surface area (Å²) in [6.07, 6.45) is 12.0. The fourth-order valence-corrected chi connectivity index (χ4v) is 3.85. The number of carbonyl (C=O) groups is 1. The molecule has 2 heterocycles. The summed E-state index contributed by atoms with van der Waals surface area (Å²) in [5, 5.41) is 14.4. The Kier molecular flexibility index (Phi) is 6.41. The highest BCUT2D eigenvalue weighted by Crippen LogP contribution is 2.29. The molecule has 0 aliphatic heterocycles. The van der Waals surface area contributed by atoms with E-state index >= 15 is 0 Å². The number of fused-ring (bicyclic) bond motifs is 1. The van der Waals surface area contributed by atoms with Gasteiger partial charge < -0.3 is 16.0 Å². The van der Waals surface area contributed by atoms with Crippen LogP contribution in [0.15, 0.2) is 36.7 Å². The molecule has 1 saturated carbocycles. The molecule has 3 N–H and O–H groups in total. The van der Waals surface area contributed by atoms with Crippen LogP contribution >= 0.6 is 0 Å². The SMILES string of the molecule is CCCNC(=O)Nc1ccc(Nc2ncc3cnn(C4CCCCCC4)c3n2)cc1. The number of amides is 2. The molecule has 0 atom stereocenters. The third-order valence-corrected chi connectivity index (χ3v) is 5.44. The molecule has 2 aromatic heterocycles. The van der Waals surface area contributed by atoms with E-state index in [2.05, 4.69) is 30.7 Å². The predicted octanol–water partition coefficient (Wildman–Crippen LogP) is 5.00. The van der Waals surface area contributed by atoms with Crippen molar-refractivity contribution in [3.63, 3.8) is 0 Å². The van der Waals surface area contributed by atoms with Crippen molar-refractivity contribution in [2.45, 2.75) is 57.9 Å². The first-order chi connectivity index (χ1) is 14.7. The minimum Gasteiger partial charge on any atom is -0.338 e. The van der Waals surface area contributed by atoms with Crippen LogP contribution in [0.3, 0.4) is 0 Å². The number of benzene rings is 1. The monoisotopic (exact) mass is 407 g/mol. The summed E-state index contributed by atoms with van der Waals surface area (Å²) in [6, 6.07) is 7.71. The van der Waals surface area contributed by atoms with Crippen LogP contribution in [0.5, 0.6) is 0 Å². The smallest absolute Gasteiger partial charge is 0.319 e. The second-order valence-electron chi connectivity index (χ2n) is 7.79. The summed E-state index contributed by atoms with van der Waals surface area (Å²) in [6.45, 7) is 2.67. The van der Waals surface area contributed by atoms with Gasteiger partial charge in [-0.3, -0.25) is 0 Å². The largest absolute Gasteiger partial charge is 0.338 e. The van der Waals surface area contributed by atoms with Gasteiger partial charge in [-0.2, -0.15) is 10.1 Å². The number of carbonyl (C=O) groups excluding carboxylic acids is 1. The maximum Gasteiger partial charge on any atom is 0.319 e. The Balaban J connectivity index is 1.46. The van der Waals surface area contributed by atoms with Crippen molar-refractivity contribution in [2.75, 3.05) is 17.2 Å². The Bertz CT molecular complexity index is 975. The van der Waals surface area contributed by atoms with E-state index in [-0.39, 0.29) is 6.03 Å². The molecule has 4 rings (SSSR count). The van der Waals surface area contributed by atoms with Crippen LogP contribution in [-0.2, 0) is 0 Å². The molecule has 0 radical (unpaired) electrons. The van der Waals surface area contributed by atoms with Gasteiger partial charge in [-0.25, -0.2) is 14.5 Å². The van der Waals surface area contributed by atoms with E-state index in [1.54, 1.807) is 0 Å². The standard InChI is InChI=1S/C22H29N7O/c1-2-13-23-22(30)27-18-11-9-17(10-12-18)26-21-24-14-16-15-25-29(20(16)28-21)19-7-5-3-4-6-8-19/h9-12,14-15,19H,2-8,13H2,1H3,(H2,23,27,30)(H,24,26,28). The number of aromatic nitrogens is 4. The maximum atomic E-state index is 11.8. The number of urea groups is 1. The van der Waals surface area contributed by atoms with Crippen LogP contribution in [0.2, 0.25) is 0 Å². The molecule has 1 fully saturated rings. The molecule has 0 bridgehead atoms. The van der Waals surface area contributed by atoms with E-state index in [1.165, 1.54) is 25.7 Å². The van der Waals surface area contributed by atoms with Gasteiger partial charge in [0.15, 0.2) is 5.65 Å². The summed E-state index contributed by atoms with van der Waals surface area (Å²) in [5.41, 5.74) is 2.47. The Morgan fingerprint density at radius 3 is 2.53 bits per heavy atom. The Labute approximate surface area is 176 Å². The topological polar surface area (TPSA) is 96.8 Å². The highest BCUT2D eigenvalue weighted by atomic mass is 16.2. The number of nitrogens with one attached hydrogen (secondary N) is 3. The van der Waals surface area contributed by atoms with Crippen molar-refractivity contribution >= 4 is 34.4 Å². The van der Waals surface area contributed by atoms with E-state index in [0.717, 1.165) is 41.7 Å². The molecule has 2 amide bonds. The Morgan fingerprint density at radius 2 is 1.80 bits per heavy atom. The first-order valence-corrected chi connectivity index (χ1v) is 10.8. The van der Waals surface area contributed by atoms with Crippen LogP contribution in [0.4, 0.5) is 22.1 Å². The summed E-state index contributed by atoms with van der Waals surface area (Å²) in [4.78, 5) is 20.9. The molecule has 8 heteroatoms. The third kappa shape index (κ3) is 4.87. The quantitative estimate of drug-likeness (QED) is 0.500. The van der Waals surface area contributed by atoms with E-state index in [4.69, 9.17) is 4.98 Å². The third-order valence-electron chi connectivity index (χ3n) is 5.44. The summed E-state index contributed by atoms with van der Waals surface area (Å²) in [5.74, 6) is 0.541. The lowest BCUT2D eigenvalue weighted by atomic mass is 10.1. The van der Waals surface area contributed by atoms with Crippen molar-refractivity contribution in [3.05, 3.63) is 36.7 Å². The highest BCUT2D eigenvalue weighted by Gasteiger charge is 2.18. The zero-order valence-corrected chi connectivity index (χ0v) is 17.4. The molecule has 0 unspecified atom stereocenters. The van der Waals surface area contributed by atoms with Gasteiger partial charge in [-0.05, 0) is 43.5 Å². The fourth-order valence-electron chi connectivity index (χ4n) is 3.85. The van der Waals surface area contributed by atoms with E-state index in [9.17, 15) is 4.79 Å². The van der Waals surface area contributed by atoms with Crippen LogP contribution in [0.25, 0.3) is 11.0 Å². The lowest BCUT2D eigenvalue weighted by molar-refractivity contribution is 0.252. The van der Waals surface area contributed by atoms with Gasteiger partial charge in [0, 0.05) is 24.1 Å². The van der Waals surface area contributed by atoms with E-state index < -0.39 is 0 Å². The van der Waals surface area contributed by atoms with Gasteiger partial charge in [0.1, 0.15) is 0 Å². The zero-order valence-electron chi connectivity index (χ0n) is 17.4. The fraction of sp³-hybridized carbons (Fsp3) is 0.455. The minimum absolute atomic E-state index is 0.196. The molecule has 1 aromatic carbocycles. The molecule has 8 nitrogen and oxygen atoms in total. The van der Waals surface area contributed by atoms with Crippen LogP contribution in [0.1, 0.15) is 57.9 Å². The summed E-state index contributed by atoms with van der Waals surface area (Å²) in [7, 11) is 0. The van der Waals surface area contributed by atoms with Gasteiger partial charge >= 0.3 is 6.03 Å². The van der Waals surface area contributed by atoms with E-state index in [0.29, 0.717) is 18.5 Å². The average Bonchev–Trinajstić information content (AvgIpc) is 2.98. The number of rotatable bonds is 6. The number of anilines is 3. The first kappa shape index (κ1) is 20.1. The van der Waals surface area contributed by atoms with Crippen molar-refractivity contribution in [1.82, 2.24) is 25.1 Å². The van der Waals surface area contributed by atoms with E-state index in [1.807, 2.05) is 43.6 Å². The summed E-state index contributed by atoms with van der Waals surface area (Å²) >= 11 is 0. The van der Waals surface area contributed by atoms with Crippen molar-refractivity contribution in [2.24, 2.45) is 0 Å². The molecule has 1 aliphatic rings. The van der Waals surface area contributed by atoms with Crippen molar-refractivity contribution in [3.8, 4) is 0 Å². The molecular weight excluding hydrogens is 378 g/mol. The van der Waals surface area contributed by atoms with Crippen LogP contribution < -0.4 is 16.0 Å². The van der Waals surface area contributed by atoms with Crippen molar-refractivity contribution < 1.29 is 4.79 Å². The second kappa shape index (κ2) is 9.56. The second-order valence-corrected chi connectivity index (χ2v) is 7.79. The van der Waals surface area contributed by atoms with Crippen molar-refractivity contribution in [1.29, 1.82) is 0 Å². The molecular formula is C22H29N7O. The Hall–Kier alpha value is -3.16. The number of hydrogen-bond donors (Lipinski definition) is 3. The minimum atomic E-state index is -0.196. The Morgan fingerprint density at radius 1 is 1.07 bits per heavy atom. The lowest BCUT2D eigenvalue weighted by Crippen LogP contribution is -2.29. The molecule has 0 saturated heterocycles. The van der Waals surface area contributed by atoms with Gasteiger partial charge in [0.25, 0.3) is 0 Å². The molecule has 3 aromatic rings. The maximum absolute atomic E-state index is 11.8. The van der Waals surface area contributed by atoms with Crippen LogP contribution in [0, 0.1) is 0 Å².